The molecule has 0 fully saturated rings. The molecule has 0 bridgehead atoms. The first-order chi connectivity index (χ1) is 20.6. The molecule has 4 aromatic carbocycles. The zero-order chi connectivity index (χ0) is 29.1. The Bertz CT molecular complexity index is 1940. The number of carbonyl (C=O) groups is 1. The molecule has 0 radical (unpaired) electrons. The number of hydrogen-bond donors (Lipinski definition) is 1. The van der Waals surface area contributed by atoms with Crippen LogP contribution >= 0.6 is 0 Å². The van der Waals surface area contributed by atoms with Crippen LogP contribution in [0.15, 0.2) is 108 Å². The minimum Gasteiger partial charge on any atom is -0.344 e. The van der Waals surface area contributed by atoms with Crippen LogP contribution in [-0.2, 0) is 17.8 Å². The average Bonchev–Trinajstić information content (AvgIpc) is 3.31. The van der Waals surface area contributed by atoms with Gasteiger partial charge >= 0.3 is 11.5 Å². The summed E-state index contributed by atoms with van der Waals surface area (Å²) in [6, 6.07) is 33.8. The lowest BCUT2D eigenvalue weighted by molar-refractivity contribution is -0.141. The van der Waals surface area contributed by atoms with Crippen molar-refractivity contribution in [3.05, 3.63) is 125 Å². The summed E-state index contributed by atoms with van der Waals surface area (Å²) in [7, 11) is 0. The van der Waals surface area contributed by atoms with Gasteiger partial charge in [-0.25, -0.2) is 9.78 Å². The van der Waals surface area contributed by atoms with Crippen molar-refractivity contribution in [2.75, 3.05) is 6.54 Å². The lowest BCUT2D eigenvalue weighted by Gasteiger charge is -2.15. The first kappa shape index (κ1) is 27.2. The number of nitrogens with two attached hydrogens (primary N) is 1. The summed E-state index contributed by atoms with van der Waals surface area (Å²) in [6.07, 6.45) is 2.39. The summed E-state index contributed by atoms with van der Waals surface area (Å²) in [5, 5.41) is 0.923. The Kier molecular flexibility index (Phi) is 7.66. The highest BCUT2D eigenvalue weighted by Crippen LogP contribution is 2.36. The molecule has 6 rings (SSSR count). The fourth-order valence-corrected chi connectivity index (χ4v) is 5.67. The normalized spacial score (nSPS) is 11.3. The minimum atomic E-state index is -0.589. The Morgan fingerprint density at radius 3 is 2.26 bits per heavy atom. The lowest BCUT2D eigenvalue weighted by atomic mass is 10.0. The van der Waals surface area contributed by atoms with Crippen LogP contribution in [0.3, 0.4) is 0 Å². The summed E-state index contributed by atoms with van der Waals surface area (Å²) in [6.45, 7) is 2.66. The molecule has 0 saturated heterocycles. The van der Waals surface area contributed by atoms with Crippen LogP contribution in [0.25, 0.3) is 44.3 Å². The number of aromatic nitrogens is 3. The molecule has 2 heterocycles. The van der Waals surface area contributed by atoms with Gasteiger partial charge in [0.25, 0.3) is 0 Å². The fourth-order valence-electron chi connectivity index (χ4n) is 5.67. The second-order valence-corrected chi connectivity index (χ2v) is 10.3. The van der Waals surface area contributed by atoms with Gasteiger partial charge in [0, 0.05) is 47.6 Å². The monoisotopic (exact) mass is 556 g/mol. The van der Waals surface area contributed by atoms with Crippen LogP contribution in [0.5, 0.6) is 0 Å². The van der Waals surface area contributed by atoms with Crippen molar-refractivity contribution in [1.29, 1.82) is 0 Å². The number of fused-ring (bicyclic) bond motifs is 2. The second kappa shape index (κ2) is 11.8. The quantitative estimate of drug-likeness (QED) is 0.221. The van der Waals surface area contributed by atoms with Crippen LogP contribution in [0.4, 0.5) is 0 Å². The van der Waals surface area contributed by atoms with E-state index >= 15 is 0 Å². The zero-order valence-corrected chi connectivity index (χ0v) is 23.5. The molecule has 6 aromatic rings. The van der Waals surface area contributed by atoms with Crippen molar-refractivity contribution in [2.24, 2.45) is 5.73 Å². The molecule has 0 aliphatic heterocycles. The smallest absolute Gasteiger partial charge is 0.330 e. The maximum absolute atomic E-state index is 14.3. The Morgan fingerprint density at radius 2 is 1.52 bits per heavy atom. The van der Waals surface area contributed by atoms with E-state index in [9.17, 15) is 9.59 Å². The number of hydrogen-bond acceptors (Lipinski definition) is 5. The molecule has 2 N–H and O–H groups in total. The standard InChI is InChI=1S/C35H32N4O3/c1-24(40)42-39-30-20-12-18-27(26-15-6-3-7-16-26)33(30)37-34(35(39)41)32-28-17-8-9-19-29(28)38(22-11-10-21-36)31(32)23-25-13-4-2-5-14-25/h2-9,12-20H,10-11,21-23,36H2,1H3. The topological polar surface area (TPSA) is 92.1 Å². The summed E-state index contributed by atoms with van der Waals surface area (Å²) in [5.74, 6) is -0.589. The summed E-state index contributed by atoms with van der Waals surface area (Å²) in [5.41, 5.74) is 12.3. The predicted molar refractivity (Wildman–Crippen MR) is 167 cm³/mol. The van der Waals surface area contributed by atoms with Crippen LogP contribution in [0.1, 0.15) is 31.0 Å². The van der Waals surface area contributed by atoms with Gasteiger partial charge in [-0.3, -0.25) is 4.79 Å². The van der Waals surface area contributed by atoms with Crippen molar-refractivity contribution < 1.29 is 9.63 Å². The summed E-state index contributed by atoms with van der Waals surface area (Å²) < 4.78 is 3.39. The van der Waals surface area contributed by atoms with Gasteiger partial charge < -0.3 is 15.1 Å². The van der Waals surface area contributed by atoms with Crippen molar-refractivity contribution in [3.8, 4) is 22.4 Å². The number of para-hydroxylation sites is 2. The molecule has 0 saturated carbocycles. The second-order valence-electron chi connectivity index (χ2n) is 10.3. The highest BCUT2D eigenvalue weighted by atomic mass is 16.7. The van der Waals surface area contributed by atoms with Crippen molar-refractivity contribution in [2.45, 2.75) is 32.7 Å². The molecule has 0 unspecified atom stereocenters. The molecular formula is C35H32N4O3. The third kappa shape index (κ3) is 5.10. The van der Waals surface area contributed by atoms with E-state index < -0.39 is 11.5 Å². The van der Waals surface area contributed by atoms with Crippen molar-refractivity contribution in [3.63, 3.8) is 0 Å². The van der Waals surface area contributed by atoms with Gasteiger partial charge in [-0.15, -0.1) is 4.73 Å². The maximum atomic E-state index is 14.3. The molecule has 42 heavy (non-hydrogen) atoms. The number of benzene rings is 4. The van der Waals surface area contributed by atoms with Crippen molar-refractivity contribution in [1.82, 2.24) is 14.3 Å². The summed E-state index contributed by atoms with van der Waals surface area (Å²) >= 11 is 0. The third-order valence-electron chi connectivity index (χ3n) is 7.51. The molecule has 0 amide bonds. The first-order valence-corrected chi connectivity index (χ1v) is 14.2. The number of unbranched alkanes of at least 4 members (excludes halogenated alkanes) is 1. The van der Waals surface area contributed by atoms with E-state index in [4.69, 9.17) is 15.6 Å². The van der Waals surface area contributed by atoms with Crippen LogP contribution < -0.4 is 16.1 Å². The van der Waals surface area contributed by atoms with Gasteiger partial charge in [0.1, 0.15) is 11.2 Å². The Hall–Kier alpha value is -5.01. The van der Waals surface area contributed by atoms with Crippen molar-refractivity contribution >= 4 is 27.9 Å². The molecular weight excluding hydrogens is 524 g/mol. The maximum Gasteiger partial charge on any atom is 0.330 e. The van der Waals surface area contributed by atoms with Gasteiger partial charge in [-0.1, -0.05) is 91.0 Å². The minimum absolute atomic E-state index is 0.242. The fraction of sp³-hybridized carbons (Fsp3) is 0.171. The lowest BCUT2D eigenvalue weighted by Crippen LogP contribution is -2.32. The van der Waals surface area contributed by atoms with E-state index in [1.54, 1.807) is 6.07 Å². The molecule has 0 aliphatic carbocycles. The average molecular weight is 557 g/mol. The van der Waals surface area contributed by atoms with Crippen LogP contribution in [0.2, 0.25) is 0 Å². The van der Waals surface area contributed by atoms with Gasteiger partial charge in [0.05, 0.1) is 5.52 Å². The summed E-state index contributed by atoms with van der Waals surface area (Å²) in [4.78, 5) is 37.2. The van der Waals surface area contributed by atoms with E-state index in [0.717, 1.165) is 63.0 Å². The highest BCUT2D eigenvalue weighted by molar-refractivity contribution is 5.99. The van der Waals surface area contributed by atoms with E-state index in [2.05, 4.69) is 22.8 Å². The number of aryl methyl sites for hydroxylation is 1. The molecule has 0 atom stereocenters. The van der Waals surface area contributed by atoms with Gasteiger partial charge in [-0.05, 0) is 42.6 Å². The largest absolute Gasteiger partial charge is 0.344 e. The van der Waals surface area contributed by atoms with E-state index in [0.29, 0.717) is 24.0 Å². The number of rotatable bonds is 9. The third-order valence-corrected chi connectivity index (χ3v) is 7.51. The van der Waals surface area contributed by atoms with Crippen LogP contribution in [-0.4, -0.2) is 26.8 Å². The zero-order valence-electron chi connectivity index (χ0n) is 23.5. The van der Waals surface area contributed by atoms with Gasteiger partial charge in [-0.2, -0.15) is 0 Å². The molecule has 210 valence electrons. The molecule has 0 spiro atoms. The molecule has 7 heteroatoms. The van der Waals surface area contributed by atoms with E-state index in [1.807, 2.05) is 78.9 Å². The highest BCUT2D eigenvalue weighted by Gasteiger charge is 2.25. The SMILES string of the molecule is CC(=O)On1c(=O)c(-c2c(Cc3ccccc3)n(CCCCN)c3ccccc23)nc2c(-c3ccccc3)cccc21. The Labute approximate surface area is 243 Å². The Balaban J connectivity index is 1.70. The number of carbonyl (C=O) groups excluding carboxylic acids is 1. The predicted octanol–water partition coefficient (Wildman–Crippen LogP) is 5.99. The number of nitrogens with zero attached hydrogens (tertiary/aromatic N) is 3. The van der Waals surface area contributed by atoms with Gasteiger partial charge in [0.2, 0.25) is 0 Å². The molecule has 0 aliphatic rings. The van der Waals surface area contributed by atoms with Gasteiger partial charge in [0.15, 0.2) is 0 Å². The molecule has 7 nitrogen and oxygen atoms in total. The van der Waals surface area contributed by atoms with Crippen LogP contribution in [0, 0.1) is 0 Å². The Morgan fingerprint density at radius 1 is 0.833 bits per heavy atom. The molecule has 2 aromatic heterocycles. The van der Waals surface area contributed by atoms with E-state index in [1.165, 1.54) is 6.92 Å². The first-order valence-electron chi connectivity index (χ1n) is 14.2. The van der Waals surface area contributed by atoms with E-state index in [-0.39, 0.29) is 5.69 Å².